The predicted molar refractivity (Wildman–Crippen MR) is 57.0 cm³/mol. The van der Waals surface area contributed by atoms with Gasteiger partial charge in [-0.2, -0.15) is 5.26 Å². The highest BCUT2D eigenvalue weighted by atomic mass is 16.6. The maximum absolute atomic E-state index is 11.0. The highest BCUT2D eigenvalue weighted by Crippen LogP contribution is 2.37. The van der Waals surface area contributed by atoms with Crippen molar-refractivity contribution in [1.29, 1.82) is 5.26 Å². The first kappa shape index (κ1) is 12.0. The molecule has 1 aliphatic carbocycles. The molecule has 0 spiro atoms. The Morgan fingerprint density at radius 1 is 1.40 bits per heavy atom. The van der Waals surface area contributed by atoms with E-state index in [1.165, 1.54) is 6.92 Å². The fourth-order valence-corrected chi connectivity index (χ4v) is 2.38. The van der Waals surface area contributed by atoms with Crippen LogP contribution in [0.3, 0.4) is 0 Å². The molecule has 3 nitrogen and oxygen atoms in total. The SMILES string of the molecule is CC(=O)OC1(CCCCC#N)CCCC1. The van der Waals surface area contributed by atoms with E-state index in [1.807, 2.05) is 0 Å². The first-order valence-corrected chi connectivity index (χ1v) is 5.75. The zero-order chi connectivity index (χ0) is 11.1. The molecule has 0 aliphatic heterocycles. The van der Waals surface area contributed by atoms with Crippen LogP contribution in [0.5, 0.6) is 0 Å². The van der Waals surface area contributed by atoms with Crippen LogP contribution in [-0.4, -0.2) is 11.6 Å². The van der Waals surface area contributed by atoms with Crippen LogP contribution < -0.4 is 0 Å². The van der Waals surface area contributed by atoms with E-state index in [1.54, 1.807) is 0 Å². The van der Waals surface area contributed by atoms with Crippen LogP contribution in [0.25, 0.3) is 0 Å². The van der Waals surface area contributed by atoms with Crippen molar-refractivity contribution >= 4 is 5.97 Å². The van der Waals surface area contributed by atoms with E-state index in [2.05, 4.69) is 6.07 Å². The summed E-state index contributed by atoms with van der Waals surface area (Å²) in [4.78, 5) is 11.0. The zero-order valence-corrected chi connectivity index (χ0v) is 9.42. The van der Waals surface area contributed by atoms with Crippen molar-refractivity contribution in [3.05, 3.63) is 0 Å². The maximum atomic E-state index is 11.0. The van der Waals surface area contributed by atoms with Crippen molar-refractivity contribution in [3.8, 4) is 6.07 Å². The molecule has 15 heavy (non-hydrogen) atoms. The Morgan fingerprint density at radius 3 is 2.60 bits per heavy atom. The standard InChI is InChI=1S/C12H19NO2/c1-11(14)15-12(8-4-5-9-12)7-3-2-6-10-13/h2-9H2,1H3. The third-order valence-corrected chi connectivity index (χ3v) is 3.05. The van der Waals surface area contributed by atoms with Gasteiger partial charge in [-0.1, -0.05) is 0 Å². The van der Waals surface area contributed by atoms with Crippen molar-refractivity contribution in [2.75, 3.05) is 0 Å². The van der Waals surface area contributed by atoms with Crippen molar-refractivity contribution in [2.45, 2.75) is 63.9 Å². The van der Waals surface area contributed by atoms with Gasteiger partial charge in [0.05, 0.1) is 6.07 Å². The molecule has 0 atom stereocenters. The molecule has 0 radical (unpaired) electrons. The lowest BCUT2D eigenvalue weighted by atomic mass is 9.94. The van der Waals surface area contributed by atoms with Crippen LogP contribution in [0.4, 0.5) is 0 Å². The number of carbonyl (C=O) groups excluding carboxylic acids is 1. The van der Waals surface area contributed by atoms with E-state index in [4.69, 9.17) is 10.00 Å². The topological polar surface area (TPSA) is 50.1 Å². The summed E-state index contributed by atoms with van der Waals surface area (Å²) in [6.07, 6.45) is 7.75. The van der Waals surface area contributed by atoms with Gasteiger partial charge in [0.15, 0.2) is 0 Å². The monoisotopic (exact) mass is 209 g/mol. The van der Waals surface area contributed by atoms with Gasteiger partial charge in [-0.3, -0.25) is 4.79 Å². The molecule has 0 heterocycles. The summed E-state index contributed by atoms with van der Waals surface area (Å²) in [5.74, 6) is -0.169. The fraction of sp³-hybridized carbons (Fsp3) is 0.833. The van der Waals surface area contributed by atoms with Crippen molar-refractivity contribution in [1.82, 2.24) is 0 Å². The van der Waals surface area contributed by atoms with Gasteiger partial charge < -0.3 is 4.74 Å². The number of hydrogen-bond acceptors (Lipinski definition) is 3. The molecule has 0 bridgehead atoms. The highest BCUT2D eigenvalue weighted by molar-refractivity contribution is 5.66. The summed E-state index contributed by atoms with van der Waals surface area (Å²) < 4.78 is 5.46. The average molecular weight is 209 g/mol. The zero-order valence-electron chi connectivity index (χ0n) is 9.42. The van der Waals surface area contributed by atoms with Gasteiger partial charge in [-0.15, -0.1) is 0 Å². The largest absolute Gasteiger partial charge is 0.459 e. The number of nitriles is 1. The second-order valence-corrected chi connectivity index (χ2v) is 4.35. The Hall–Kier alpha value is -1.04. The van der Waals surface area contributed by atoms with E-state index >= 15 is 0 Å². The summed E-state index contributed by atoms with van der Waals surface area (Å²) in [5, 5.41) is 8.43. The Bertz CT molecular complexity index is 249. The molecule has 1 aliphatic rings. The van der Waals surface area contributed by atoms with Crippen LogP contribution in [0, 0.1) is 11.3 Å². The molecule has 84 valence electrons. The summed E-state index contributed by atoms with van der Waals surface area (Å²) in [6, 6.07) is 2.14. The first-order valence-electron chi connectivity index (χ1n) is 5.75. The maximum Gasteiger partial charge on any atom is 0.303 e. The van der Waals surface area contributed by atoms with Gasteiger partial charge in [-0.05, 0) is 44.9 Å². The second kappa shape index (κ2) is 5.75. The number of hydrogen-bond donors (Lipinski definition) is 0. The van der Waals surface area contributed by atoms with Crippen LogP contribution >= 0.6 is 0 Å². The molecule has 0 aromatic heterocycles. The van der Waals surface area contributed by atoms with Gasteiger partial charge in [0.1, 0.15) is 5.60 Å². The molecule has 0 aromatic rings. The third kappa shape index (κ3) is 3.91. The third-order valence-electron chi connectivity index (χ3n) is 3.05. The number of ether oxygens (including phenoxy) is 1. The van der Waals surface area contributed by atoms with Crippen molar-refractivity contribution in [2.24, 2.45) is 0 Å². The van der Waals surface area contributed by atoms with E-state index < -0.39 is 0 Å². The fourth-order valence-electron chi connectivity index (χ4n) is 2.38. The molecule has 0 N–H and O–H groups in total. The number of unbranched alkanes of at least 4 members (excludes halogenated alkanes) is 2. The Kier molecular flexibility index (Phi) is 4.61. The van der Waals surface area contributed by atoms with Crippen molar-refractivity contribution in [3.63, 3.8) is 0 Å². The quantitative estimate of drug-likeness (QED) is 0.516. The number of nitrogens with zero attached hydrogens (tertiary/aromatic N) is 1. The molecule has 0 unspecified atom stereocenters. The minimum Gasteiger partial charge on any atom is -0.459 e. The van der Waals surface area contributed by atoms with Gasteiger partial charge in [0, 0.05) is 13.3 Å². The molecule has 3 heteroatoms. The first-order chi connectivity index (χ1) is 7.18. The molecule has 1 rings (SSSR count). The van der Waals surface area contributed by atoms with Gasteiger partial charge in [-0.25, -0.2) is 0 Å². The Morgan fingerprint density at radius 2 is 2.07 bits per heavy atom. The molecule has 0 amide bonds. The van der Waals surface area contributed by atoms with Crippen LogP contribution in [0.2, 0.25) is 0 Å². The predicted octanol–water partition coefficient (Wildman–Crippen LogP) is 2.95. The molecular weight excluding hydrogens is 190 g/mol. The summed E-state index contributed by atoms with van der Waals surface area (Å²) >= 11 is 0. The summed E-state index contributed by atoms with van der Waals surface area (Å²) in [7, 11) is 0. The van der Waals surface area contributed by atoms with E-state index in [9.17, 15) is 4.79 Å². The van der Waals surface area contributed by atoms with Crippen LogP contribution in [-0.2, 0) is 9.53 Å². The molecule has 1 fully saturated rings. The Balaban J connectivity index is 2.36. The molecule has 1 saturated carbocycles. The van der Waals surface area contributed by atoms with Gasteiger partial charge >= 0.3 is 5.97 Å². The molecule has 0 aromatic carbocycles. The number of esters is 1. The van der Waals surface area contributed by atoms with Crippen molar-refractivity contribution < 1.29 is 9.53 Å². The lowest BCUT2D eigenvalue weighted by Crippen LogP contribution is -2.31. The normalized spacial score (nSPS) is 18.4. The minimum atomic E-state index is -0.193. The summed E-state index contributed by atoms with van der Waals surface area (Å²) in [6.45, 7) is 1.48. The summed E-state index contributed by atoms with van der Waals surface area (Å²) in [5.41, 5.74) is -0.193. The Labute approximate surface area is 91.4 Å². The highest BCUT2D eigenvalue weighted by Gasteiger charge is 2.36. The lowest BCUT2D eigenvalue weighted by Gasteiger charge is -2.28. The lowest BCUT2D eigenvalue weighted by molar-refractivity contribution is -0.157. The van der Waals surface area contributed by atoms with Gasteiger partial charge in [0.25, 0.3) is 0 Å². The van der Waals surface area contributed by atoms with Gasteiger partial charge in [0.2, 0.25) is 0 Å². The smallest absolute Gasteiger partial charge is 0.303 e. The van der Waals surface area contributed by atoms with E-state index in [0.29, 0.717) is 6.42 Å². The number of rotatable bonds is 5. The van der Waals surface area contributed by atoms with Crippen LogP contribution in [0.1, 0.15) is 58.3 Å². The minimum absolute atomic E-state index is 0.169. The number of carbonyl (C=O) groups is 1. The van der Waals surface area contributed by atoms with Crippen LogP contribution in [0.15, 0.2) is 0 Å². The molecule has 0 saturated heterocycles. The van der Waals surface area contributed by atoms with E-state index in [0.717, 1.165) is 44.9 Å². The van der Waals surface area contributed by atoms with E-state index in [-0.39, 0.29) is 11.6 Å². The second-order valence-electron chi connectivity index (χ2n) is 4.35. The molecular formula is C12H19NO2. The average Bonchev–Trinajstić information content (AvgIpc) is 2.61.